The van der Waals surface area contributed by atoms with Gasteiger partial charge in [-0.3, -0.25) is 4.79 Å². The Morgan fingerprint density at radius 2 is 1.77 bits per heavy atom. The molecule has 0 unspecified atom stereocenters. The molecule has 2 N–H and O–H groups in total. The zero-order valence-electron chi connectivity index (χ0n) is 16.0. The van der Waals surface area contributed by atoms with Crippen LogP contribution < -0.4 is 15.4 Å². The van der Waals surface area contributed by atoms with Gasteiger partial charge in [-0.15, -0.1) is 0 Å². The average Bonchev–Trinajstić information content (AvgIpc) is 2.65. The largest absolute Gasteiger partial charge is 0.466 e. The lowest BCUT2D eigenvalue weighted by Crippen LogP contribution is -2.21. The second-order valence-corrected chi connectivity index (χ2v) is 5.85. The van der Waals surface area contributed by atoms with Gasteiger partial charge in [0.25, 0.3) is 0 Å². The van der Waals surface area contributed by atoms with Crippen molar-refractivity contribution in [3.63, 3.8) is 0 Å². The summed E-state index contributed by atoms with van der Waals surface area (Å²) in [6, 6.07) is 3.31. The fourth-order valence-electron chi connectivity index (χ4n) is 2.11. The highest BCUT2D eigenvalue weighted by Crippen LogP contribution is 2.31. The Kier molecular flexibility index (Phi) is 7.83. The average molecular weight is 453 g/mol. The number of anilines is 3. The summed E-state index contributed by atoms with van der Waals surface area (Å²) in [5, 5.41) is 5.05. The minimum atomic E-state index is -4.67. The highest BCUT2D eigenvalue weighted by Gasteiger charge is 2.31. The first-order chi connectivity index (χ1) is 14.5. The number of hydrogen-bond donors (Lipinski definition) is 2. The molecule has 0 fully saturated rings. The molecule has 2 aromatic rings. The zero-order chi connectivity index (χ0) is 23.1. The quantitative estimate of drug-likeness (QED) is 0.435. The van der Waals surface area contributed by atoms with Crippen molar-refractivity contribution in [3.8, 4) is 6.01 Å². The van der Waals surface area contributed by atoms with Crippen molar-refractivity contribution in [2.24, 2.45) is 0 Å². The lowest BCUT2D eigenvalue weighted by atomic mass is 10.2. The van der Waals surface area contributed by atoms with Crippen LogP contribution in [-0.4, -0.2) is 46.9 Å². The van der Waals surface area contributed by atoms with E-state index in [1.54, 1.807) is 6.92 Å². The molecule has 8 nitrogen and oxygen atoms in total. The van der Waals surface area contributed by atoms with Gasteiger partial charge < -0.3 is 20.1 Å². The number of carbonyl (C=O) groups is 1. The van der Waals surface area contributed by atoms with Crippen LogP contribution in [0.25, 0.3) is 0 Å². The Balaban J connectivity index is 2.21. The van der Waals surface area contributed by atoms with Gasteiger partial charge >= 0.3 is 24.3 Å². The number of aromatic nitrogens is 3. The number of halogens is 6. The fourth-order valence-corrected chi connectivity index (χ4v) is 2.11. The van der Waals surface area contributed by atoms with E-state index in [-0.39, 0.29) is 37.2 Å². The van der Waals surface area contributed by atoms with Crippen LogP contribution in [0.2, 0.25) is 0 Å². The molecule has 0 bridgehead atoms. The summed E-state index contributed by atoms with van der Waals surface area (Å²) in [4.78, 5) is 22.5. The Labute approximate surface area is 172 Å². The molecule has 170 valence electrons. The summed E-state index contributed by atoms with van der Waals surface area (Å²) in [6.45, 7) is 0.0746. The predicted molar refractivity (Wildman–Crippen MR) is 95.8 cm³/mol. The summed E-state index contributed by atoms with van der Waals surface area (Å²) >= 11 is 0. The third-order valence-electron chi connectivity index (χ3n) is 3.34. The van der Waals surface area contributed by atoms with Gasteiger partial charge in [0.1, 0.15) is 0 Å². The second kappa shape index (κ2) is 10.1. The predicted octanol–water partition coefficient (Wildman–Crippen LogP) is 3.94. The van der Waals surface area contributed by atoms with Crippen molar-refractivity contribution < 1.29 is 40.6 Å². The number of alkyl halides is 6. The molecule has 2 rings (SSSR count). The minimum Gasteiger partial charge on any atom is -0.466 e. The molecule has 0 aliphatic rings. The van der Waals surface area contributed by atoms with Gasteiger partial charge in [-0.25, -0.2) is 0 Å². The molecule has 31 heavy (non-hydrogen) atoms. The van der Waals surface area contributed by atoms with Crippen LogP contribution in [0.15, 0.2) is 24.3 Å². The molecule has 0 saturated heterocycles. The van der Waals surface area contributed by atoms with Crippen molar-refractivity contribution in [2.45, 2.75) is 25.7 Å². The third-order valence-corrected chi connectivity index (χ3v) is 3.34. The molecule has 0 aliphatic heterocycles. The Bertz CT molecular complexity index is 891. The topological polar surface area (TPSA) is 98.3 Å². The normalized spacial score (nSPS) is 11.7. The molecule has 14 heteroatoms. The molecule has 0 radical (unpaired) electrons. The Morgan fingerprint density at radius 3 is 2.42 bits per heavy atom. The van der Waals surface area contributed by atoms with E-state index in [1.807, 2.05) is 0 Å². The molecular weight excluding hydrogens is 436 g/mol. The third kappa shape index (κ3) is 8.52. The van der Waals surface area contributed by atoms with Gasteiger partial charge in [0.05, 0.1) is 18.6 Å². The van der Waals surface area contributed by atoms with Crippen LogP contribution in [0.4, 0.5) is 43.9 Å². The molecule has 0 atom stereocenters. The van der Waals surface area contributed by atoms with E-state index < -0.39 is 36.5 Å². The number of esters is 1. The van der Waals surface area contributed by atoms with Gasteiger partial charge in [-0.1, -0.05) is 6.07 Å². The summed E-state index contributed by atoms with van der Waals surface area (Å²) in [5.41, 5.74) is -1.02. The fraction of sp³-hybridized carbons (Fsp3) is 0.412. The maximum atomic E-state index is 12.9. The monoisotopic (exact) mass is 453 g/mol. The molecule has 0 amide bonds. The van der Waals surface area contributed by atoms with Crippen molar-refractivity contribution in [1.29, 1.82) is 0 Å². The SMILES string of the molecule is CCOC(=O)CCNc1nc(Nc2cccc(C(F)(F)F)c2)nc(OCC(F)(F)F)n1. The molecule has 0 aliphatic carbocycles. The number of hydrogen-bond acceptors (Lipinski definition) is 8. The van der Waals surface area contributed by atoms with Gasteiger partial charge in [0.15, 0.2) is 6.61 Å². The molecule has 1 aromatic carbocycles. The summed E-state index contributed by atoms with van der Waals surface area (Å²) in [5.74, 6) is -1.16. The second-order valence-electron chi connectivity index (χ2n) is 5.85. The van der Waals surface area contributed by atoms with E-state index >= 15 is 0 Å². The van der Waals surface area contributed by atoms with Crippen LogP contribution in [0.3, 0.4) is 0 Å². The highest BCUT2D eigenvalue weighted by molar-refractivity contribution is 5.69. The summed E-state index contributed by atoms with van der Waals surface area (Å²) in [7, 11) is 0. The first kappa shape index (κ1) is 24.0. The number of ether oxygens (including phenoxy) is 2. The number of carbonyl (C=O) groups excluding carboxylic acids is 1. The van der Waals surface area contributed by atoms with E-state index in [1.165, 1.54) is 6.07 Å². The van der Waals surface area contributed by atoms with Crippen molar-refractivity contribution >= 4 is 23.6 Å². The summed E-state index contributed by atoms with van der Waals surface area (Å²) < 4.78 is 85.1. The van der Waals surface area contributed by atoms with Gasteiger partial charge in [0, 0.05) is 12.2 Å². The van der Waals surface area contributed by atoms with Crippen LogP contribution in [0, 0.1) is 0 Å². The molecular formula is C17H17F6N5O3. The Morgan fingerprint density at radius 1 is 1.06 bits per heavy atom. The molecule has 1 heterocycles. The number of nitrogens with one attached hydrogen (secondary N) is 2. The van der Waals surface area contributed by atoms with Crippen molar-refractivity contribution in [2.75, 3.05) is 30.4 Å². The van der Waals surface area contributed by atoms with Gasteiger partial charge in [-0.05, 0) is 25.1 Å². The van der Waals surface area contributed by atoms with E-state index in [2.05, 4.69) is 30.3 Å². The zero-order valence-corrected chi connectivity index (χ0v) is 16.0. The van der Waals surface area contributed by atoms with E-state index in [0.717, 1.165) is 18.2 Å². The molecule has 1 aromatic heterocycles. The van der Waals surface area contributed by atoms with E-state index in [0.29, 0.717) is 0 Å². The first-order valence-electron chi connectivity index (χ1n) is 8.75. The van der Waals surface area contributed by atoms with Crippen molar-refractivity contribution in [3.05, 3.63) is 29.8 Å². The number of benzene rings is 1. The van der Waals surface area contributed by atoms with Gasteiger partial charge in [0.2, 0.25) is 11.9 Å². The first-order valence-corrected chi connectivity index (χ1v) is 8.75. The van der Waals surface area contributed by atoms with Crippen LogP contribution in [-0.2, 0) is 15.7 Å². The van der Waals surface area contributed by atoms with Crippen LogP contribution in [0.1, 0.15) is 18.9 Å². The molecule has 0 saturated carbocycles. The van der Waals surface area contributed by atoms with E-state index in [9.17, 15) is 31.1 Å². The van der Waals surface area contributed by atoms with Crippen LogP contribution >= 0.6 is 0 Å². The number of rotatable bonds is 9. The maximum absolute atomic E-state index is 12.9. The number of nitrogens with zero attached hydrogens (tertiary/aromatic N) is 3. The van der Waals surface area contributed by atoms with Gasteiger partial charge in [-0.2, -0.15) is 41.3 Å². The smallest absolute Gasteiger partial charge is 0.422 e. The van der Waals surface area contributed by atoms with Crippen molar-refractivity contribution in [1.82, 2.24) is 15.0 Å². The van der Waals surface area contributed by atoms with Crippen LogP contribution in [0.5, 0.6) is 6.01 Å². The highest BCUT2D eigenvalue weighted by atomic mass is 19.4. The maximum Gasteiger partial charge on any atom is 0.422 e. The Hall–Kier alpha value is -3.32. The lowest BCUT2D eigenvalue weighted by molar-refractivity contribution is -0.154. The lowest BCUT2D eigenvalue weighted by Gasteiger charge is -2.13. The van der Waals surface area contributed by atoms with E-state index in [4.69, 9.17) is 4.74 Å². The molecule has 0 spiro atoms. The minimum absolute atomic E-state index is 0.0233. The summed E-state index contributed by atoms with van der Waals surface area (Å²) in [6.07, 6.45) is -9.36. The standard InChI is InChI=1S/C17H17F6N5O3/c1-2-30-12(29)6-7-24-13-26-14(28-15(27-13)31-9-16(18,19)20)25-11-5-3-4-10(8-11)17(21,22)23/h3-5,8H,2,6-7,9H2,1H3,(H2,24,25,26,27,28).